The number of urea groups is 1. The number of piperidine rings is 1. The average Bonchev–Trinajstić information content (AvgIpc) is 3.25. The van der Waals surface area contributed by atoms with Crippen molar-refractivity contribution in [3.8, 4) is 5.75 Å². The molecule has 0 N–H and O–H groups in total. The summed E-state index contributed by atoms with van der Waals surface area (Å²) in [5.41, 5.74) is 2.68. The van der Waals surface area contributed by atoms with Crippen LogP contribution >= 0.6 is 0 Å². The number of rotatable bonds is 7. The van der Waals surface area contributed by atoms with Crippen LogP contribution in [0, 0.1) is 6.92 Å². The van der Waals surface area contributed by atoms with E-state index in [0.717, 1.165) is 43.2 Å². The van der Waals surface area contributed by atoms with E-state index in [2.05, 4.69) is 23.1 Å². The molecule has 0 radical (unpaired) electrons. The molecular weight excluding hydrogens is 406 g/mol. The first-order chi connectivity index (χ1) is 15.4. The van der Waals surface area contributed by atoms with E-state index in [-0.39, 0.29) is 11.9 Å². The normalized spacial score (nSPS) is 18.8. The third-order valence-electron chi connectivity index (χ3n) is 6.97. The molecule has 0 bridgehead atoms. The van der Waals surface area contributed by atoms with Crippen LogP contribution in [0.2, 0.25) is 0 Å². The Bertz CT molecular complexity index is 976. The monoisotopic (exact) mass is 439 g/mol. The first-order valence-electron chi connectivity index (χ1n) is 11.4. The highest BCUT2D eigenvalue weighted by molar-refractivity contribution is 6.06. The zero-order valence-corrected chi connectivity index (χ0v) is 19.5. The standard InChI is InChI=1S/C24H33N5O3/c1-5-28-17-20(18(2)25-28)16-27-14-11-24(12-15-27)22(30)26(3)23(31)29(24)13-10-19-6-8-21(32-4)9-7-19/h6-9,17H,5,10-16H2,1-4H3. The summed E-state index contributed by atoms with van der Waals surface area (Å²) in [4.78, 5) is 31.6. The van der Waals surface area contributed by atoms with E-state index in [1.807, 2.05) is 40.8 Å². The van der Waals surface area contributed by atoms with Gasteiger partial charge in [0.2, 0.25) is 0 Å². The molecule has 2 aliphatic rings. The van der Waals surface area contributed by atoms with Crippen molar-refractivity contribution in [3.05, 3.63) is 47.3 Å². The minimum Gasteiger partial charge on any atom is -0.497 e. The van der Waals surface area contributed by atoms with Gasteiger partial charge in [-0.1, -0.05) is 12.1 Å². The summed E-state index contributed by atoms with van der Waals surface area (Å²) in [6, 6.07) is 7.69. The third kappa shape index (κ3) is 3.99. The van der Waals surface area contributed by atoms with E-state index in [1.165, 1.54) is 10.5 Å². The number of aromatic nitrogens is 2. The van der Waals surface area contributed by atoms with Crippen LogP contribution in [-0.4, -0.2) is 75.7 Å². The van der Waals surface area contributed by atoms with Crippen molar-refractivity contribution in [2.24, 2.45) is 0 Å². The Labute approximate surface area is 189 Å². The summed E-state index contributed by atoms with van der Waals surface area (Å²) in [6.07, 6.45) is 4.13. The van der Waals surface area contributed by atoms with Gasteiger partial charge >= 0.3 is 6.03 Å². The fourth-order valence-corrected chi connectivity index (χ4v) is 4.90. The quantitative estimate of drug-likeness (QED) is 0.621. The lowest BCUT2D eigenvalue weighted by molar-refractivity contribution is -0.134. The van der Waals surface area contributed by atoms with Crippen LogP contribution in [0.15, 0.2) is 30.5 Å². The van der Waals surface area contributed by atoms with Gasteiger partial charge in [0.15, 0.2) is 0 Å². The molecule has 0 unspecified atom stereocenters. The fraction of sp³-hybridized carbons (Fsp3) is 0.542. The van der Waals surface area contributed by atoms with Crippen LogP contribution in [0.1, 0.15) is 36.6 Å². The number of methoxy groups -OCH3 is 1. The van der Waals surface area contributed by atoms with Crippen molar-refractivity contribution >= 4 is 11.9 Å². The van der Waals surface area contributed by atoms with Crippen LogP contribution in [-0.2, 0) is 24.3 Å². The molecule has 1 spiro atoms. The second-order valence-corrected chi connectivity index (χ2v) is 8.80. The summed E-state index contributed by atoms with van der Waals surface area (Å²) in [7, 11) is 3.25. The van der Waals surface area contributed by atoms with E-state index in [4.69, 9.17) is 4.74 Å². The highest BCUT2D eigenvalue weighted by Crippen LogP contribution is 2.37. The third-order valence-corrected chi connectivity index (χ3v) is 6.97. The molecule has 172 valence electrons. The SMILES string of the molecule is CCn1cc(CN2CCC3(CC2)C(=O)N(C)C(=O)N3CCc2ccc(OC)cc2)c(C)n1. The molecule has 32 heavy (non-hydrogen) atoms. The predicted molar refractivity (Wildman–Crippen MR) is 121 cm³/mol. The van der Waals surface area contributed by atoms with Gasteiger partial charge in [-0.25, -0.2) is 4.79 Å². The number of benzene rings is 1. The summed E-state index contributed by atoms with van der Waals surface area (Å²) in [6.45, 7) is 7.90. The van der Waals surface area contributed by atoms with Gasteiger partial charge in [0.25, 0.3) is 5.91 Å². The van der Waals surface area contributed by atoms with E-state index >= 15 is 0 Å². The van der Waals surface area contributed by atoms with E-state index in [0.29, 0.717) is 25.8 Å². The molecule has 2 aromatic rings. The number of carbonyl (C=O) groups is 2. The molecule has 2 saturated heterocycles. The largest absolute Gasteiger partial charge is 0.497 e. The van der Waals surface area contributed by atoms with Crippen molar-refractivity contribution in [2.75, 3.05) is 33.8 Å². The Morgan fingerprint density at radius 2 is 1.81 bits per heavy atom. The van der Waals surface area contributed by atoms with Gasteiger partial charge in [-0.2, -0.15) is 5.10 Å². The number of hydrogen-bond acceptors (Lipinski definition) is 5. The maximum Gasteiger partial charge on any atom is 0.327 e. The summed E-state index contributed by atoms with van der Waals surface area (Å²) < 4.78 is 7.19. The van der Waals surface area contributed by atoms with Crippen molar-refractivity contribution < 1.29 is 14.3 Å². The topological polar surface area (TPSA) is 70.9 Å². The van der Waals surface area contributed by atoms with E-state index < -0.39 is 5.54 Å². The number of aryl methyl sites for hydroxylation is 2. The molecule has 3 amide bonds. The molecular formula is C24H33N5O3. The molecule has 2 fully saturated rings. The first-order valence-corrected chi connectivity index (χ1v) is 11.4. The molecule has 4 rings (SSSR count). The van der Waals surface area contributed by atoms with Crippen molar-refractivity contribution in [2.45, 2.75) is 51.7 Å². The molecule has 3 heterocycles. The zero-order valence-electron chi connectivity index (χ0n) is 19.5. The second kappa shape index (κ2) is 8.94. The summed E-state index contributed by atoms with van der Waals surface area (Å²) in [5.74, 6) is 0.747. The minimum atomic E-state index is -0.725. The lowest BCUT2D eigenvalue weighted by Crippen LogP contribution is -2.56. The predicted octanol–water partition coefficient (Wildman–Crippen LogP) is 2.69. The number of likely N-dealkylation sites (N-methyl/N-ethyl adjacent to an activating group) is 1. The Morgan fingerprint density at radius 1 is 1.12 bits per heavy atom. The molecule has 0 atom stereocenters. The lowest BCUT2D eigenvalue weighted by Gasteiger charge is -2.42. The number of nitrogens with zero attached hydrogens (tertiary/aromatic N) is 5. The number of carbonyl (C=O) groups excluding carboxylic acids is 2. The molecule has 8 heteroatoms. The molecule has 0 aliphatic carbocycles. The minimum absolute atomic E-state index is 0.0631. The van der Waals surface area contributed by atoms with Gasteiger partial charge in [-0.05, 0) is 50.8 Å². The summed E-state index contributed by atoms with van der Waals surface area (Å²) >= 11 is 0. The highest BCUT2D eigenvalue weighted by atomic mass is 16.5. The Morgan fingerprint density at radius 3 is 2.41 bits per heavy atom. The van der Waals surface area contributed by atoms with Crippen LogP contribution in [0.5, 0.6) is 5.75 Å². The molecule has 8 nitrogen and oxygen atoms in total. The van der Waals surface area contributed by atoms with Gasteiger partial charge in [0.05, 0.1) is 12.8 Å². The average molecular weight is 440 g/mol. The van der Waals surface area contributed by atoms with Gasteiger partial charge in [-0.3, -0.25) is 19.3 Å². The molecule has 1 aromatic carbocycles. The molecule has 0 saturated carbocycles. The molecule has 1 aromatic heterocycles. The zero-order chi connectivity index (χ0) is 22.9. The van der Waals surface area contributed by atoms with Crippen molar-refractivity contribution in [1.82, 2.24) is 24.5 Å². The van der Waals surface area contributed by atoms with Crippen LogP contribution in [0.4, 0.5) is 4.79 Å². The fourth-order valence-electron chi connectivity index (χ4n) is 4.90. The van der Waals surface area contributed by atoms with Gasteiger partial charge in [0, 0.05) is 51.5 Å². The number of likely N-dealkylation sites (tertiary alicyclic amines) is 1. The maximum absolute atomic E-state index is 13.2. The van der Waals surface area contributed by atoms with Crippen molar-refractivity contribution in [1.29, 1.82) is 0 Å². The number of amides is 3. The Kier molecular flexibility index (Phi) is 6.24. The molecule has 2 aliphatic heterocycles. The number of imide groups is 1. The van der Waals surface area contributed by atoms with E-state index in [1.54, 1.807) is 14.2 Å². The van der Waals surface area contributed by atoms with Gasteiger partial charge < -0.3 is 9.64 Å². The van der Waals surface area contributed by atoms with Gasteiger partial charge in [-0.15, -0.1) is 0 Å². The van der Waals surface area contributed by atoms with Crippen LogP contribution in [0.25, 0.3) is 0 Å². The van der Waals surface area contributed by atoms with Crippen LogP contribution < -0.4 is 4.74 Å². The Hall–Kier alpha value is -2.87. The number of ether oxygens (including phenoxy) is 1. The first kappa shape index (κ1) is 22.3. The highest BCUT2D eigenvalue weighted by Gasteiger charge is 2.56. The second-order valence-electron chi connectivity index (χ2n) is 8.80. The van der Waals surface area contributed by atoms with Crippen molar-refractivity contribution in [3.63, 3.8) is 0 Å². The lowest BCUT2D eigenvalue weighted by atomic mass is 9.85. The Balaban J connectivity index is 1.44. The smallest absolute Gasteiger partial charge is 0.327 e. The van der Waals surface area contributed by atoms with E-state index in [9.17, 15) is 9.59 Å². The maximum atomic E-state index is 13.2. The van der Waals surface area contributed by atoms with Gasteiger partial charge in [0.1, 0.15) is 11.3 Å². The summed E-state index contributed by atoms with van der Waals surface area (Å²) in [5, 5.41) is 4.54. The number of hydrogen-bond donors (Lipinski definition) is 0. The van der Waals surface area contributed by atoms with Crippen LogP contribution in [0.3, 0.4) is 0 Å².